The molecule has 1 saturated heterocycles. The highest BCUT2D eigenvalue weighted by Gasteiger charge is 2.36. The Morgan fingerprint density at radius 2 is 1.76 bits per heavy atom. The quantitative estimate of drug-likeness (QED) is 0.290. The molecular weight excluding hydrogens is 478 g/mol. The van der Waals surface area contributed by atoms with Crippen molar-refractivity contribution in [1.29, 1.82) is 0 Å². The van der Waals surface area contributed by atoms with Crippen molar-refractivity contribution in [2.45, 2.75) is 105 Å². The van der Waals surface area contributed by atoms with Gasteiger partial charge in [-0.3, -0.25) is 9.97 Å². The van der Waals surface area contributed by atoms with Crippen LogP contribution in [0.3, 0.4) is 0 Å². The Kier molecular flexibility index (Phi) is 10.2. The molecule has 0 unspecified atom stereocenters. The fraction of sp³-hybridized carbons (Fsp3) is 0.645. The molecule has 0 aromatic carbocycles. The molecule has 7 nitrogen and oxygen atoms in total. The van der Waals surface area contributed by atoms with Crippen LogP contribution in [0.5, 0.6) is 5.75 Å². The standard InChI is InChI=1S/C31H47N3O4/c1-8-9-10-11-12-19-37-23-13-14-25(33-20-23)24-21-32-22(2)26(28(29(35)36)38-30(3,4)5)27(24)34-17-15-31(6,7)16-18-34/h13-14,20-21,28H,8-12,15-19H2,1-7H3,(H,35,36)/t28-/m0/s1. The zero-order valence-corrected chi connectivity index (χ0v) is 24.5. The van der Waals surface area contributed by atoms with Crippen LogP contribution < -0.4 is 9.64 Å². The van der Waals surface area contributed by atoms with Gasteiger partial charge in [0, 0.05) is 36.1 Å². The molecule has 2 aromatic heterocycles. The van der Waals surface area contributed by atoms with Crippen molar-refractivity contribution in [3.63, 3.8) is 0 Å². The van der Waals surface area contributed by atoms with E-state index in [1.54, 1.807) is 6.20 Å². The van der Waals surface area contributed by atoms with Gasteiger partial charge in [-0.2, -0.15) is 0 Å². The molecule has 1 aliphatic heterocycles. The second-order valence-electron chi connectivity index (χ2n) is 12.3. The van der Waals surface area contributed by atoms with Gasteiger partial charge in [0.15, 0.2) is 6.10 Å². The highest BCUT2D eigenvalue weighted by atomic mass is 16.5. The number of aliphatic carboxylic acids is 1. The number of aryl methyl sites for hydroxylation is 1. The minimum absolute atomic E-state index is 0.251. The molecule has 0 saturated carbocycles. The molecule has 1 N–H and O–H groups in total. The highest BCUT2D eigenvalue weighted by Crippen LogP contribution is 2.43. The van der Waals surface area contributed by atoms with Gasteiger partial charge < -0.3 is 19.5 Å². The molecular formula is C31H47N3O4. The summed E-state index contributed by atoms with van der Waals surface area (Å²) in [6, 6.07) is 3.89. The largest absolute Gasteiger partial charge is 0.492 e. The van der Waals surface area contributed by atoms with Gasteiger partial charge in [-0.1, -0.05) is 46.5 Å². The average Bonchev–Trinajstić information content (AvgIpc) is 2.85. The summed E-state index contributed by atoms with van der Waals surface area (Å²) in [6.07, 6.45) is 10.4. The Morgan fingerprint density at radius 3 is 2.34 bits per heavy atom. The van der Waals surface area contributed by atoms with Crippen molar-refractivity contribution < 1.29 is 19.4 Å². The van der Waals surface area contributed by atoms with E-state index in [0.29, 0.717) is 17.9 Å². The van der Waals surface area contributed by atoms with E-state index in [0.717, 1.165) is 55.0 Å². The SMILES string of the molecule is CCCCCCCOc1ccc(-c2cnc(C)c([C@H](OC(C)(C)C)C(=O)O)c2N2CCC(C)(C)CC2)nc1. The first-order chi connectivity index (χ1) is 17.9. The van der Waals surface area contributed by atoms with Crippen LogP contribution in [0.4, 0.5) is 5.69 Å². The minimum Gasteiger partial charge on any atom is -0.492 e. The van der Waals surface area contributed by atoms with Crippen molar-refractivity contribution in [2.75, 3.05) is 24.6 Å². The number of hydrogen-bond donors (Lipinski definition) is 1. The lowest BCUT2D eigenvalue weighted by Crippen LogP contribution is -2.39. The number of nitrogens with zero attached hydrogens (tertiary/aromatic N) is 3. The summed E-state index contributed by atoms with van der Waals surface area (Å²) in [5.74, 6) is -0.276. The second-order valence-corrected chi connectivity index (χ2v) is 12.3. The van der Waals surface area contributed by atoms with Gasteiger partial charge in [-0.15, -0.1) is 0 Å². The molecule has 1 atom stereocenters. The number of rotatable bonds is 12. The summed E-state index contributed by atoms with van der Waals surface area (Å²) < 4.78 is 12.0. The molecule has 3 rings (SSSR count). The van der Waals surface area contributed by atoms with Crippen LogP contribution in [0.2, 0.25) is 0 Å². The minimum atomic E-state index is -1.14. The van der Waals surface area contributed by atoms with Crippen molar-refractivity contribution in [1.82, 2.24) is 9.97 Å². The number of carboxylic acids is 1. The van der Waals surface area contributed by atoms with Gasteiger partial charge in [-0.05, 0) is 64.5 Å². The number of ether oxygens (including phenoxy) is 2. The number of anilines is 1. The first-order valence-corrected chi connectivity index (χ1v) is 14.2. The second kappa shape index (κ2) is 12.9. The van der Waals surface area contributed by atoms with E-state index in [-0.39, 0.29) is 5.41 Å². The van der Waals surface area contributed by atoms with Gasteiger partial charge in [0.2, 0.25) is 0 Å². The molecule has 1 aliphatic rings. The van der Waals surface area contributed by atoms with E-state index in [4.69, 9.17) is 14.5 Å². The summed E-state index contributed by atoms with van der Waals surface area (Å²) in [4.78, 5) is 24.2. The van der Waals surface area contributed by atoms with Crippen LogP contribution in [0.25, 0.3) is 11.3 Å². The summed E-state index contributed by atoms with van der Waals surface area (Å²) in [7, 11) is 0. The maximum absolute atomic E-state index is 12.5. The zero-order valence-electron chi connectivity index (χ0n) is 24.5. The molecule has 0 bridgehead atoms. The summed E-state index contributed by atoms with van der Waals surface area (Å²) >= 11 is 0. The first-order valence-electron chi connectivity index (χ1n) is 14.2. The molecule has 2 aromatic rings. The first kappa shape index (κ1) is 29.9. The van der Waals surface area contributed by atoms with E-state index in [2.05, 4.69) is 30.7 Å². The predicted octanol–water partition coefficient (Wildman–Crippen LogP) is 7.37. The smallest absolute Gasteiger partial charge is 0.337 e. The van der Waals surface area contributed by atoms with E-state index in [1.807, 2.05) is 46.0 Å². The van der Waals surface area contributed by atoms with Crippen LogP contribution in [-0.4, -0.2) is 46.3 Å². The summed E-state index contributed by atoms with van der Waals surface area (Å²) in [5.41, 5.74) is 3.31. The monoisotopic (exact) mass is 525 g/mol. The van der Waals surface area contributed by atoms with Crippen molar-refractivity contribution in [2.24, 2.45) is 5.41 Å². The Labute approximate surface area is 229 Å². The number of carbonyl (C=O) groups is 1. The van der Waals surface area contributed by atoms with Crippen LogP contribution in [0.15, 0.2) is 24.5 Å². The fourth-order valence-corrected chi connectivity index (χ4v) is 4.89. The number of aromatic nitrogens is 2. The lowest BCUT2D eigenvalue weighted by molar-refractivity contribution is -0.160. The number of hydrogen-bond acceptors (Lipinski definition) is 6. The van der Waals surface area contributed by atoms with Crippen LogP contribution >= 0.6 is 0 Å². The third-order valence-electron chi connectivity index (χ3n) is 7.21. The third-order valence-corrected chi connectivity index (χ3v) is 7.21. The molecule has 0 spiro atoms. The zero-order chi connectivity index (χ0) is 27.9. The lowest BCUT2D eigenvalue weighted by Gasteiger charge is -2.40. The van der Waals surface area contributed by atoms with Crippen LogP contribution in [0, 0.1) is 12.3 Å². The number of carboxylic acid groups (broad SMARTS) is 1. The molecule has 0 amide bonds. The van der Waals surface area contributed by atoms with E-state index in [9.17, 15) is 9.90 Å². The maximum atomic E-state index is 12.5. The fourth-order valence-electron chi connectivity index (χ4n) is 4.89. The molecule has 3 heterocycles. The van der Waals surface area contributed by atoms with Gasteiger partial charge in [0.25, 0.3) is 0 Å². The molecule has 38 heavy (non-hydrogen) atoms. The molecule has 210 valence electrons. The van der Waals surface area contributed by atoms with E-state index in [1.165, 1.54) is 25.7 Å². The molecule has 7 heteroatoms. The molecule has 0 radical (unpaired) electrons. The highest BCUT2D eigenvalue weighted by molar-refractivity contribution is 5.85. The van der Waals surface area contributed by atoms with Gasteiger partial charge >= 0.3 is 5.97 Å². The van der Waals surface area contributed by atoms with Crippen molar-refractivity contribution >= 4 is 11.7 Å². The Hall–Kier alpha value is -2.67. The van der Waals surface area contributed by atoms with Crippen molar-refractivity contribution in [3.8, 4) is 17.0 Å². The Morgan fingerprint density at radius 1 is 1.08 bits per heavy atom. The molecule has 1 fully saturated rings. The number of piperidine rings is 1. The predicted molar refractivity (Wildman–Crippen MR) is 153 cm³/mol. The van der Waals surface area contributed by atoms with E-state index >= 15 is 0 Å². The third kappa shape index (κ3) is 8.16. The van der Waals surface area contributed by atoms with E-state index < -0.39 is 17.7 Å². The number of pyridine rings is 2. The van der Waals surface area contributed by atoms with Gasteiger partial charge in [-0.25, -0.2) is 4.79 Å². The summed E-state index contributed by atoms with van der Waals surface area (Å²) in [5, 5.41) is 10.3. The summed E-state index contributed by atoms with van der Waals surface area (Å²) in [6.45, 7) is 16.6. The number of unbranched alkanes of at least 4 members (excludes halogenated alkanes) is 4. The van der Waals surface area contributed by atoms with Crippen LogP contribution in [-0.2, 0) is 9.53 Å². The maximum Gasteiger partial charge on any atom is 0.337 e. The molecule has 0 aliphatic carbocycles. The topological polar surface area (TPSA) is 84.8 Å². The van der Waals surface area contributed by atoms with Gasteiger partial charge in [0.05, 0.1) is 29.8 Å². The van der Waals surface area contributed by atoms with Gasteiger partial charge in [0.1, 0.15) is 5.75 Å². The van der Waals surface area contributed by atoms with Crippen molar-refractivity contribution in [3.05, 3.63) is 35.8 Å². The van der Waals surface area contributed by atoms with Crippen LogP contribution in [0.1, 0.15) is 104 Å². The lowest BCUT2D eigenvalue weighted by atomic mass is 9.82. The Bertz CT molecular complexity index is 1050. The Balaban J connectivity index is 1.97. The normalized spacial score (nSPS) is 16.3. The average molecular weight is 526 g/mol.